The van der Waals surface area contributed by atoms with Gasteiger partial charge in [-0.15, -0.1) is 0 Å². The van der Waals surface area contributed by atoms with Crippen LogP contribution in [0.3, 0.4) is 0 Å². The van der Waals surface area contributed by atoms with Crippen LogP contribution < -0.4 is 0 Å². The van der Waals surface area contributed by atoms with Crippen molar-refractivity contribution in [2.45, 2.75) is 39.0 Å². The van der Waals surface area contributed by atoms with Crippen molar-refractivity contribution in [3.05, 3.63) is 36.3 Å². The third-order valence-electron chi connectivity index (χ3n) is 2.84. The summed E-state index contributed by atoms with van der Waals surface area (Å²) in [5.41, 5.74) is 1.40. The highest BCUT2D eigenvalue weighted by Crippen LogP contribution is 2.21. The van der Waals surface area contributed by atoms with Crippen molar-refractivity contribution in [3.8, 4) is 0 Å². The fraction of sp³-hybridized carbons (Fsp3) is 0.429. The number of fused-ring (bicyclic) bond motifs is 1. The van der Waals surface area contributed by atoms with Crippen LogP contribution in [0.2, 0.25) is 0 Å². The number of rotatable bonds is 5. The van der Waals surface area contributed by atoms with Crippen LogP contribution in [0.4, 0.5) is 0 Å². The number of furan rings is 1. The van der Waals surface area contributed by atoms with E-state index < -0.39 is 0 Å². The van der Waals surface area contributed by atoms with Gasteiger partial charge in [-0.2, -0.15) is 0 Å². The van der Waals surface area contributed by atoms with Crippen molar-refractivity contribution < 1.29 is 4.42 Å². The zero-order chi connectivity index (χ0) is 10.5. The van der Waals surface area contributed by atoms with Gasteiger partial charge >= 0.3 is 0 Å². The SMILES string of the molecule is CCCCCCc1cccc2[c]occ12. The first-order valence-corrected chi connectivity index (χ1v) is 5.78. The molecule has 0 saturated carbocycles. The molecule has 0 bridgehead atoms. The van der Waals surface area contributed by atoms with E-state index in [1.807, 2.05) is 12.3 Å². The van der Waals surface area contributed by atoms with Gasteiger partial charge in [0.1, 0.15) is 0 Å². The molecule has 1 aromatic carbocycles. The van der Waals surface area contributed by atoms with Crippen molar-refractivity contribution in [2.24, 2.45) is 0 Å². The highest BCUT2D eigenvalue weighted by atomic mass is 16.3. The Morgan fingerprint density at radius 3 is 3.00 bits per heavy atom. The Balaban J connectivity index is 2.04. The fourth-order valence-electron chi connectivity index (χ4n) is 1.95. The molecule has 1 heterocycles. The van der Waals surface area contributed by atoms with Crippen LogP contribution in [0.25, 0.3) is 10.8 Å². The topological polar surface area (TPSA) is 13.1 Å². The predicted molar refractivity (Wildman–Crippen MR) is 62.9 cm³/mol. The number of unbranched alkanes of at least 4 members (excludes halogenated alkanes) is 3. The van der Waals surface area contributed by atoms with E-state index in [-0.39, 0.29) is 0 Å². The summed E-state index contributed by atoms with van der Waals surface area (Å²) in [5.74, 6) is 0. The standard InChI is InChI=1S/C14H17O/c1-2-3-4-5-7-12-8-6-9-13-10-15-11-14(12)13/h6,8-9,11H,2-5,7H2,1H3. The first kappa shape index (κ1) is 10.3. The maximum Gasteiger partial charge on any atom is 0.177 e. The quantitative estimate of drug-likeness (QED) is 0.655. The molecule has 1 nitrogen and oxygen atoms in total. The average Bonchev–Trinajstić information content (AvgIpc) is 2.73. The second kappa shape index (κ2) is 5.01. The minimum Gasteiger partial charge on any atom is -0.460 e. The minimum atomic E-state index is 1.10. The Morgan fingerprint density at radius 1 is 1.20 bits per heavy atom. The Labute approximate surface area is 91.1 Å². The average molecular weight is 201 g/mol. The second-order valence-electron chi connectivity index (χ2n) is 4.03. The molecule has 0 fully saturated rings. The first-order valence-electron chi connectivity index (χ1n) is 5.78. The molecular weight excluding hydrogens is 184 g/mol. The lowest BCUT2D eigenvalue weighted by Gasteiger charge is -2.02. The van der Waals surface area contributed by atoms with Gasteiger partial charge in [-0.05, 0) is 18.4 Å². The normalized spacial score (nSPS) is 11.0. The smallest absolute Gasteiger partial charge is 0.177 e. The van der Waals surface area contributed by atoms with E-state index in [4.69, 9.17) is 4.42 Å². The molecule has 15 heavy (non-hydrogen) atoms. The van der Waals surface area contributed by atoms with E-state index in [2.05, 4.69) is 25.3 Å². The summed E-state index contributed by atoms with van der Waals surface area (Å²) in [4.78, 5) is 0. The highest BCUT2D eigenvalue weighted by molar-refractivity contribution is 5.83. The molecular formula is C14H17O. The van der Waals surface area contributed by atoms with Gasteiger partial charge in [0.15, 0.2) is 6.26 Å². The first-order chi connectivity index (χ1) is 7.42. The molecule has 0 aliphatic heterocycles. The van der Waals surface area contributed by atoms with E-state index in [0.717, 1.165) is 11.8 Å². The third kappa shape index (κ3) is 2.41. The lowest BCUT2D eigenvalue weighted by atomic mass is 10.0. The maximum absolute atomic E-state index is 5.11. The number of benzene rings is 1. The van der Waals surface area contributed by atoms with Gasteiger partial charge < -0.3 is 4.42 Å². The molecule has 2 rings (SSSR count). The number of hydrogen-bond donors (Lipinski definition) is 0. The van der Waals surface area contributed by atoms with Gasteiger partial charge in [0.05, 0.1) is 6.26 Å². The largest absolute Gasteiger partial charge is 0.460 e. The van der Waals surface area contributed by atoms with Crippen LogP contribution in [0.1, 0.15) is 38.2 Å². The third-order valence-corrected chi connectivity index (χ3v) is 2.84. The molecule has 2 aromatic rings. The lowest BCUT2D eigenvalue weighted by molar-refractivity contribution is 0.563. The van der Waals surface area contributed by atoms with Crippen LogP contribution in [0, 0.1) is 6.26 Å². The van der Waals surface area contributed by atoms with Crippen LogP contribution in [0.15, 0.2) is 28.9 Å². The number of aryl methyl sites for hydroxylation is 1. The Hall–Kier alpha value is -1.24. The van der Waals surface area contributed by atoms with E-state index in [9.17, 15) is 0 Å². The van der Waals surface area contributed by atoms with Gasteiger partial charge in [0.2, 0.25) is 0 Å². The lowest BCUT2D eigenvalue weighted by Crippen LogP contribution is -1.86. The van der Waals surface area contributed by atoms with Gasteiger partial charge in [-0.25, -0.2) is 0 Å². The summed E-state index contributed by atoms with van der Waals surface area (Å²) in [7, 11) is 0. The van der Waals surface area contributed by atoms with Gasteiger partial charge in [-0.1, -0.05) is 44.4 Å². The monoisotopic (exact) mass is 201 g/mol. The van der Waals surface area contributed by atoms with E-state index in [0.29, 0.717) is 0 Å². The van der Waals surface area contributed by atoms with Crippen LogP contribution in [0.5, 0.6) is 0 Å². The Bertz CT molecular complexity index is 414. The summed E-state index contributed by atoms with van der Waals surface area (Å²) in [6.07, 6.45) is 11.1. The summed E-state index contributed by atoms with van der Waals surface area (Å²) in [6.45, 7) is 2.24. The molecule has 0 amide bonds. The van der Waals surface area contributed by atoms with Crippen LogP contribution in [-0.2, 0) is 6.42 Å². The molecule has 0 spiro atoms. The van der Waals surface area contributed by atoms with E-state index >= 15 is 0 Å². The molecule has 0 saturated heterocycles. The summed E-state index contributed by atoms with van der Waals surface area (Å²) >= 11 is 0. The molecule has 1 aromatic heterocycles. The van der Waals surface area contributed by atoms with Crippen molar-refractivity contribution >= 4 is 10.8 Å². The Morgan fingerprint density at radius 2 is 2.13 bits per heavy atom. The van der Waals surface area contributed by atoms with Gasteiger partial charge in [0.25, 0.3) is 0 Å². The zero-order valence-corrected chi connectivity index (χ0v) is 9.25. The molecule has 0 aliphatic rings. The van der Waals surface area contributed by atoms with Crippen molar-refractivity contribution in [3.63, 3.8) is 0 Å². The molecule has 1 radical (unpaired) electrons. The van der Waals surface area contributed by atoms with Crippen molar-refractivity contribution in [1.82, 2.24) is 0 Å². The number of hydrogen-bond acceptors (Lipinski definition) is 1. The van der Waals surface area contributed by atoms with E-state index in [1.165, 1.54) is 36.6 Å². The minimum absolute atomic E-state index is 1.10. The van der Waals surface area contributed by atoms with Gasteiger partial charge in [0, 0.05) is 10.8 Å². The van der Waals surface area contributed by atoms with Crippen molar-refractivity contribution in [2.75, 3.05) is 0 Å². The van der Waals surface area contributed by atoms with Crippen molar-refractivity contribution in [1.29, 1.82) is 0 Å². The highest BCUT2D eigenvalue weighted by Gasteiger charge is 2.02. The molecule has 0 unspecified atom stereocenters. The Kier molecular flexibility index (Phi) is 3.44. The summed E-state index contributed by atoms with van der Waals surface area (Å²) in [5, 5.41) is 2.33. The molecule has 1 heteroatoms. The zero-order valence-electron chi connectivity index (χ0n) is 9.25. The summed E-state index contributed by atoms with van der Waals surface area (Å²) in [6, 6.07) is 6.33. The maximum atomic E-state index is 5.11. The molecule has 0 aliphatic carbocycles. The summed E-state index contributed by atoms with van der Waals surface area (Å²) < 4.78 is 5.11. The predicted octanol–water partition coefficient (Wildman–Crippen LogP) is 4.36. The van der Waals surface area contributed by atoms with Crippen LogP contribution >= 0.6 is 0 Å². The van der Waals surface area contributed by atoms with Crippen LogP contribution in [-0.4, -0.2) is 0 Å². The molecule has 0 atom stereocenters. The molecule has 0 N–H and O–H groups in total. The molecule has 79 valence electrons. The second-order valence-corrected chi connectivity index (χ2v) is 4.03. The van der Waals surface area contributed by atoms with Gasteiger partial charge in [-0.3, -0.25) is 0 Å². The van der Waals surface area contributed by atoms with E-state index in [1.54, 1.807) is 0 Å². The fourth-order valence-corrected chi connectivity index (χ4v) is 1.95.